The number of aliphatic hydroxyl groups is 1. The molecule has 1 aliphatic rings. The molecule has 1 aromatic carbocycles. The molecule has 1 nitrogen and oxygen atoms in total. The molecule has 82 valence electrons. The molecule has 15 heavy (non-hydrogen) atoms. The average Bonchev–Trinajstić information content (AvgIpc) is 3.04. The van der Waals surface area contributed by atoms with Crippen molar-refractivity contribution in [3.63, 3.8) is 0 Å². The molecule has 0 radical (unpaired) electrons. The molecular formula is C14H20O. The molecule has 0 heterocycles. The summed E-state index contributed by atoms with van der Waals surface area (Å²) in [7, 11) is 0. The summed E-state index contributed by atoms with van der Waals surface area (Å²) in [6.07, 6.45) is 5.64. The van der Waals surface area contributed by atoms with Crippen LogP contribution in [0.2, 0.25) is 0 Å². The molecule has 0 aliphatic heterocycles. The number of aryl methyl sites for hydroxylation is 2. The summed E-state index contributed by atoms with van der Waals surface area (Å²) in [5.41, 5.74) is 2.71. The van der Waals surface area contributed by atoms with E-state index in [-0.39, 0.29) is 6.10 Å². The summed E-state index contributed by atoms with van der Waals surface area (Å²) in [5, 5.41) is 9.71. The van der Waals surface area contributed by atoms with Crippen LogP contribution in [0.4, 0.5) is 0 Å². The van der Waals surface area contributed by atoms with Gasteiger partial charge in [0.05, 0.1) is 6.10 Å². The summed E-state index contributed by atoms with van der Waals surface area (Å²) in [6.45, 7) is 2.11. The molecule has 0 saturated heterocycles. The zero-order valence-electron chi connectivity index (χ0n) is 9.45. The topological polar surface area (TPSA) is 20.2 Å². The SMILES string of the molecule is Cc1ccc(CCCC(O)C2CC2)cc1. The van der Waals surface area contributed by atoms with Crippen LogP contribution in [0.1, 0.15) is 36.8 Å². The largest absolute Gasteiger partial charge is 0.393 e. The lowest BCUT2D eigenvalue weighted by Crippen LogP contribution is -2.08. The molecule has 1 N–H and O–H groups in total. The van der Waals surface area contributed by atoms with Gasteiger partial charge in [-0.1, -0.05) is 29.8 Å². The highest BCUT2D eigenvalue weighted by molar-refractivity contribution is 5.21. The minimum atomic E-state index is -0.0320. The van der Waals surface area contributed by atoms with Gasteiger partial charge in [-0.25, -0.2) is 0 Å². The molecule has 1 fully saturated rings. The quantitative estimate of drug-likeness (QED) is 0.781. The maximum atomic E-state index is 9.71. The highest BCUT2D eigenvalue weighted by atomic mass is 16.3. The van der Waals surface area contributed by atoms with Crippen molar-refractivity contribution in [1.29, 1.82) is 0 Å². The summed E-state index contributed by atoms with van der Waals surface area (Å²) in [4.78, 5) is 0. The second-order valence-corrected chi connectivity index (χ2v) is 4.78. The van der Waals surface area contributed by atoms with Crippen LogP contribution in [-0.4, -0.2) is 11.2 Å². The number of hydrogen-bond donors (Lipinski definition) is 1. The van der Waals surface area contributed by atoms with Gasteiger partial charge in [0.25, 0.3) is 0 Å². The molecular weight excluding hydrogens is 184 g/mol. The summed E-state index contributed by atoms with van der Waals surface area (Å²) in [6, 6.07) is 8.71. The van der Waals surface area contributed by atoms with Crippen molar-refractivity contribution in [3.05, 3.63) is 35.4 Å². The fourth-order valence-corrected chi connectivity index (χ4v) is 1.99. The minimum Gasteiger partial charge on any atom is -0.393 e. The summed E-state index contributed by atoms with van der Waals surface area (Å²) < 4.78 is 0. The molecule has 1 aromatic rings. The number of hydrogen-bond acceptors (Lipinski definition) is 1. The first-order valence-corrected chi connectivity index (χ1v) is 5.99. The van der Waals surface area contributed by atoms with Gasteiger partial charge < -0.3 is 5.11 Å². The first-order valence-electron chi connectivity index (χ1n) is 5.99. The van der Waals surface area contributed by atoms with E-state index < -0.39 is 0 Å². The van der Waals surface area contributed by atoms with Gasteiger partial charge in [-0.3, -0.25) is 0 Å². The van der Waals surface area contributed by atoms with Crippen LogP contribution in [-0.2, 0) is 6.42 Å². The smallest absolute Gasteiger partial charge is 0.0568 e. The molecule has 1 unspecified atom stereocenters. The molecule has 0 bridgehead atoms. The lowest BCUT2D eigenvalue weighted by atomic mass is 10.0. The highest BCUT2D eigenvalue weighted by Crippen LogP contribution is 2.34. The Hall–Kier alpha value is -0.820. The van der Waals surface area contributed by atoms with Crippen LogP contribution in [0.25, 0.3) is 0 Å². The second-order valence-electron chi connectivity index (χ2n) is 4.78. The predicted molar refractivity (Wildman–Crippen MR) is 62.8 cm³/mol. The first kappa shape index (κ1) is 10.7. The second kappa shape index (κ2) is 4.80. The van der Waals surface area contributed by atoms with Crippen molar-refractivity contribution in [2.75, 3.05) is 0 Å². The Morgan fingerprint density at radius 3 is 2.53 bits per heavy atom. The van der Waals surface area contributed by atoms with Gasteiger partial charge >= 0.3 is 0 Å². The van der Waals surface area contributed by atoms with Crippen molar-refractivity contribution in [1.82, 2.24) is 0 Å². The third-order valence-electron chi connectivity index (χ3n) is 3.25. The maximum absolute atomic E-state index is 9.71. The Labute approximate surface area is 92.1 Å². The Bertz CT molecular complexity index is 298. The Morgan fingerprint density at radius 2 is 1.93 bits per heavy atom. The number of benzene rings is 1. The van der Waals surface area contributed by atoms with E-state index in [0.29, 0.717) is 5.92 Å². The molecule has 2 rings (SSSR count). The zero-order valence-corrected chi connectivity index (χ0v) is 9.45. The fourth-order valence-electron chi connectivity index (χ4n) is 1.99. The van der Waals surface area contributed by atoms with Gasteiger partial charge in [-0.2, -0.15) is 0 Å². The van der Waals surface area contributed by atoms with Crippen LogP contribution >= 0.6 is 0 Å². The molecule has 1 aliphatic carbocycles. The van der Waals surface area contributed by atoms with Crippen LogP contribution in [0, 0.1) is 12.8 Å². The first-order chi connectivity index (χ1) is 7.25. The minimum absolute atomic E-state index is 0.0320. The maximum Gasteiger partial charge on any atom is 0.0568 e. The van der Waals surface area contributed by atoms with Crippen molar-refractivity contribution in [2.24, 2.45) is 5.92 Å². The lowest BCUT2D eigenvalue weighted by molar-refractivity contribution is 0.139. The van der Waals surface area contributed by atoms with Crippen molar-refractivity contribution < 1.29 is 5.11 Å². The van der Waals surface area contributed by atoms with E-state index in [2.05, 4.69) is 31.2 Å². The zero-order chi connectivity index (χ0) is 10.7. The van der Waals surface area contributed by atoms with Gasteiger partial charge in [0, 0.05) is 0 Å². The molecule has 0 spiro atoms. The van der Waals surface area contributed by atoms with Gasteiger partial charge in [0.1, 0.15) is 0 Å². The Balaban J connectivity index is 1.70. The molecule has 1 atom stereocenters. The molecule has 0 aromatic heterocycles. The number of rotatable bonds is 5. The van der Waals surface area contributed by atoms with E-state index in [4.69, 9.17) is 0 Å². The number of aliphatic hydroxyl groups excluding tert-OH is 1. The standard InChI is InChI=1S/C14H20O/c1-11-5-7-12(8-6-11)3-2-4-14(15)13-9-10-13/h5-8,13-15H,2-4,9-10H2,1H3. The van der Waals surface area contributed by atoms with E-state index in [1.807, 2.05) is 0 Å². The monoisotopic (exact) mass is 204 g/mol. The van der Waals surface area contributed by atoms with Crippen LogP contribution < -0.4 is 0 Å². The normalized spacial score (nSPS) is 17.7. The van der Waals surface area contributed by atoms with Crippen LogP contribution in [0.15, 0.2) is 24.3 Å². The van der Waals surface area contributed by atoms with Crippen LogP contribution in [0.5, 0.6) is 0 Å². The third kappa shape index (κ3) is 3.35. The van der Waals surface area contributed by atoms with E-state index in [9.17, 15) is 5.11 Å². The van der Waals surface area contributed by atoms with E-state index in [1.54, 1.807) is 0 Å². The highest BCUT2D eigenvalue weighted by Gasteiger charge is 2.28. The predicted octanol–water partition coefficient (Wildman–Crippen LogP) is 3.09. The van der Waals surface area contributed by atoms with E-state index in [0.717, 1.165) is 19.3 Å². The van der Waals surface area contributed by atoms with Gasteiger partial charge in [-0.15, -0.1) is 0 Å². The van der Waals surface area contributed by atoms with Crippen molar-refractivity contribution in [3.8, 4) is 0 Å². The average molecular weight is 204 g/mol. The summed E-state index contributed by atoms with van der Waals surface area (Å²) >= 11 is 0. The lowest BCUT2D eigenvalue weighted by Gasteiger charge is -2.08. The Morgan fingerprint density at radius 1 is 1.27 bits per heavy atom. The summed E-state index contributed by atoms with van der Waals surface area (Å²) in [5.74, 6) is 0.628. The van der Waals surface area contributed by atoms with Gasteiger partial charge in [-0.05, 0) is 50.5 Å². The fraction of sp³-hybridized carbons (Fsp3) is 0.571. The molecule has 1 heteroatoms. The van der Waals surface area contributed by atoms with E-state index in [1.165, 1.54) is 24.0 Å². The van der Waals surface area contributed by atoms with Gasteiger partial charge in [0.2, 0.25) is 0 Å². The Kier molecular flexibility index (Phi) is 3.42. The van der Waals surface area contributed by atoms with Crippen LogP contribution in [0.3, 0.4) is 0 Å². The van der Waals surface area contributed by atoms with Gasteiger partial charge in [0.15, 0.2) is 0 Å². The molecule has 1 saturated carbocycles. The van der Waals surface area contributed by atoms with Crippen molar-refractivity contribution in [2.45, 2.75) is 45.1 Å². The third-order valence-corrected chi connectivity index (χ3v) is 3.25. The van der Waals surface area contributed by atoms with Crippen molar-refractivity contribution >= 4 is 0 Å². The van der Waals surface area contributed by atoms with E-state index >= 15 is 0 Å². The molecule has 0 amide bonds.